The monoisotopic (exact) mass is 822 g/mol. The summed E-state index contributed by atoms with van der Waals surface area (Å²) in [4.78, 5) is 20.1. The smallest absolute Gasteiger partial charge is 0.417 e. The van der Waals surface area contributed by atoms with Crippen LogP contribution in [0, 0.1) is 17.8 Å². The fraction of sp³-hybridized carbons (Fsp3) is 0.404. The van der Waals surface area contributed by atoms with Crippen LogP contribution in [0.5, 0.6) is 23.0 Å². The van der Waals surface area contributed by atoms with E-state index in [0.29, 0.717) is 47.9 Å². The van der Waals surface area contributed by atoms with Gasteiger partial charge in [-0.3, -0.25) is 5.32 Å². The first-order valence-corrected chi connectivity index (χ1v) is 21.2. The van der Waals surface area contributed by atoms with Gasteiger partial charge in [0.15, 0.2) is 0 Å². The molecule has 0 radical (unpaired) electrons. The maximum Gasteiger partial charge on any atom is 0.417 e. The quantitative estimate of drug-likeness (QED) is 0.0506. The molecule has 1 heterocycles. The zero-order valence-corrected chi connectivity index (χ0v) is 34.7. The van der Waals surface area contributed by atoms with Crippen molar-refractivity contribution in [2.75, 3.05) is 46.5 Å². The number of allylic oxidation sites excluding steroid dienone is 1. The van der Waals surface area contributed by atoms with Crippen LogP contribution in [-0.2, 0) is 9.57 Å². The molecule has 3 aliphatic rings. The van der Waals surface area contributed by atoms with Crippen LogP contribution >= 0.6 is 11.8 Å². The van der Waals surface area contributed by atoms with Crippen molar-refractivity contribution in [1.29, 1.82) is 0 Å². The van der Waals surface area contributed by atoms with Gasteiger partial charge in [-0.1, -0.05) is 60.5 Å². The van der Waals surface area contributed by atoms with Gasteiger partial charge in [0.25, 0.3) is 0 Å². The molecule has 59 heavy (non-hydrogen) atoms. The highest BCUT2D eigenvalue weighted by Gasteiger charge is 2.64. The molecule has 0 bridgehead atoms. The van der Waals surface area contributed by atoms with E-state index in [4.69, 9.17) is 33.7 Å². The first kappa shape index (κ1) is 42.1. The predicted octanol–water partition coefficient (Wildman–Crippen LogP) is 9.52. The third-order valence-corrected chi connectivity index (χ3v) is 13.0. The van der Waals surface area contributed by atoms with E-state index in [2.05, 4.69) is 48.3 Å². The third-order valence-electron chi connectivity index (χ3n) is 11.7. The van der Waals surface area contributed by atoms with Crippen LogP contribution < -0.4 is 24.3 Å². The van der Waals surface area contributed by atoms with Crippen LogP contribution in [0.3, 0.4) is 0 Å². The average molecular weight is 823 g/mol. The van der Waals surface area contributed by atoms with E-state index in [-0.39, 0.29) is 48.7 Å². The molecule has 1 amide bonds. The zero-order valence-electron chi connectivity index (χ0n) is 33.9. The molecule has 11 nitrogen and oxygen atoms in total. The number of methoxy groups -OCH3 is 2. The summed E-state index contributed by atoms with van der Waals surface area (Å²) in [5.41, 5.74) is 3.19. The highest BCUT2D eigenvalue weighted by atomic mass is 32.2. The number of oxime groups is 1. The number of carbonyl (C=O) groups is 1. The average Bonchev–Trinajstić information content (AvgIpc) is 3.25. The van der Waals surface area contributed by atoms with Gasteiger partial charge in [-0.05, 0) is 96.3 Å². The van der Waals surface area contributed by atoms with Crippen molar-refractivity contribution >= 4 is 40.0 Å². The number of ether oxygens (including phenoxy) is 5. The summed E-state index contributed by atoms with van der Waals surface area (Å²) in [6, 6.07) is 25.5. The molecular weight excluding hydrogens is 769 g/mol. The van der Waals surface area contributed by atoms with E-state index in [1.165, 1.54) is 7.11 Å². The molecule has 1 fully saturated rings. The van der Waals surface area contributed by atoms with Crippen molar-refractivity contribution in [3.8, 4) is 23.0 Å². The first-order valence-electron chi connectivity index (χ1n) is 20.3. The molecule has 0 saturated heterocycles. The zero-order chi connectivity index (χ0) is 41.4. The number of thioether (sulfide) groups is 1. The summed E-state index contributed by atoms with van der Waals surface area (Å²) >= 11 is 1.71. The molecule has 4 aromatic rings. The Morgan fingerprint density at radius 3 is 2.46 bits per heavy atom. The van der Waals surface area contributed by atoms with Crippen LogP contribution in [-0.4, -0.2) is 74.2 Å². The molecule has 6 unspecified atom stereocenters. The lowest BCUT2D eigenvalue weighted by Crippen LogP contribution is -2.64. The predicted molar refractivity (Wildman–Crippen MR) is 231 cm³/mol. The van der Waals surface area contributed by atoms with Crippen molar-refractivity contribution in [3.05, 3.63) is 109 Å². The van der Waals surface area contributed by atoms with Crippen molar-refractivity contribution in [2.24, 2.45) is 22.9 Å². The molecule has 7 rings (SSSR count). The number of nitrogens with one attached hydrogen (secondary N) is 1. The Balaban J connectivity index is 1.35. The van der Waals surface area contributed by atoms with Crippen LogP contribution in [0.2, 0.25) is 0 Å². The fourth-order valence-electron chi connectivity index (χ4n) is 9.15. The molecule has 12 heteroatoms. The van der Waals surface area contributed by atoms with Crippen LogP contribution in [0.1, 0.15) is 56.4 Å². The number of benzene rings is 4. The third kappa shape index (κ3) is 8.96. The topological polar surface area (TPSA) is 137 Å². The summed E-state index contributed by atoms with van der Waals surface area (Å²) in [6.45, 7) is 4.51. The molecular formula is C47H54N2O9S. The van der Waals surface area contributed by atoms with Gasteiger partial charge in [-0.15, -0.1) is 18.3 Å². The van der Waals surface area contributed by atoms with Crippen LogP contribution in [0.15, 0.2) is 113 Å². The van der Waals surface area contributed by atoms with Gasteiger partial charge in [0.05, 0.1) is 43.4 Å². The van der Waals surface area contributed by atoms with Gasteiger partial charge >= 0.3 is 6.09 Å². The maximum atomic E-state index is 13.5. The lowest BCUT2D eigenvalue weighted by molar-refractivity contribution is -0.223. The van der Waals surface area contributed by atoms with E-state index < -0.39 is 11.9 Å². The molecule has 1 saturated carbocycles. The lowest BCUT2D eigenvalue weighted by Gasteiger charge is -2.58. The summed E-state index contributed by atoms with van der Waals surface area (Å²) in [5, 5.41) is 29.3. The largest absolute Gasteiger partial charge is 0.497 e. The maximum absolute atomic E-state index is 13.5. The SMILES string of the molecule is C=CCOC12Oc3ccc(OC(=O)Nc4ccc(OC)cc4OC)cc3C3C(CCCCO)C(CCCCO)C=C(C(=NOC)CC1Sc1ccc4ccccc4c1)C32. The van der Waals surface area contributed by atoms with Gasteiger partial charge in [-0.2, -0.15) is 0 Å². The Bertz CT molecular complexity index is 2170. The second-order valence-electron chi connectivity index (χ2n) is 15.1. The summed E-state index contributed by atoms with van der Waals surface area (Å²) in [6.07, 6.45) is 8.65. The molecule has 3 N–H and O–H groups in total. The minimum atomic E-state index is -1.16. The van der Waals surface area contributed by atoms with E-state index in [1.807, 2.05) is 24.3 Å². The fourth-order valence-corrected chi connectivity index (χ4v) is 10.5. The Labute approximate surface area is 350 Å². The highest BCUT2D eigenvalue weighted by molar-refractivity contribution is 8.00. The highest BCUT2D eigenvalue weighted by Crippen LogP contribution is 2.63. The number of unbranched alkanes of at least 4 members (excludes halogenated alkanes) is 2. The van der Waals surface area contributed by atoms with E-state index in [0.717, 1.165) is 58.2 Å². The van der Waals surface area contributed by atoms with Crippen molar-refractivity contribution in [3.63, 3.8) is 0 Å². The summed E-state index contributed by atoms with van der Waals surface area (Å²) in [7, 11) is 4.66. The number of hydrogen-bond donors (Lipinski definition) is 3. The van der Waals surface area contributed by atoms with Crippen molar-refractivity contribution in [1.82, 2.24) is 0 Å². The molecule has 2 aliphatic carbocycles. The van der Waals surface area contributed by atoms with Crippen molar-refractivity contribution < 1.29 is 43.5 Å². The van der Waals surface area contributed by atoms with E-state index in [1.54, 1.807) is 56.3 Å². The van der Waals surface area contributed by atoms with Crippen LogP contribution in [0.4, 0.5) is 10.5 Å². The number of rotatable bonds is 18. The lowest BCUT2D eigenvalue weighted by atomic mass is 9.56. The minimum Gasteiger partial charge on any atom is -0.497 e. The van der Waals surface area contributed by atoms with Gasteiger partial charge in [-0.25, -0.2) is 4.79 Å². The number of fused-ring (bicyclic) bond motifs is 3. The standard InChI is InChI=1S/C47H54N2O9S/c1-5-24-56-47-43(59-35-19-16-30-12-6-7-13-31(30)25-35)29-40(49-55-4)37-26-32(14-8-10-22-50)36(15-9-11-23-51)44(45(37)47)38-27-34(18-21-41(38)58-47)57-46(52)48-39-20-17-33(53-2)28-42(39)54-3/h5-7,12-13,16-21,25-28,32,36,43-45,50-51H,1,8-11,14-15,22-24,29H2,2-4H3,(H,48,52). The van der Waals surface area contributed by atoms with Gasteiger partial charge < -0.3 is 38.7 Å². The summed E-state index contributed by atoms with van der Waals surface area (Å²) < 4.78 is 31.1. The second kappa shape index (κ2) is 19.4. The second-order valence-corrected chi connectivity index (χ2v) is 16.4. The van der Waals surface area contributed by atoms with Gasteiger partial charge in [0, 0.05) is 42.1 Å². The molecule has 6 atom stereocenters. The molecule has 1 aliphatic heterocycles. The van der Waals surface area contributed by atoms with E-state index >= 15 is 0 Å². The number of nitrogens with zero attached hydrogens (tertiary/aromatic N) is 1. The number of anilines is 1. The number of hydrogen-bond acceptors (Lipinski definition) is 11. The van der Waals surface area contributed by atoms with E-state index in [9.17, 15) is 15.0 Å². The van der Waals surface area contributed by atoms with Gasteiger partial charge in [0.1, 0.15) is 30.1 Å². The van der Waals surface area contributed by atoms with Crippen molar-refractivity contribution in [2.45, 2.75) is 66.8 Å². The Kier molecular flexibility index (Phi) is 13.8. The first-order chi connectivity index (χ1) is 28.9. The minimum absolute atomic E-state index is 0.0872. The van der Waals surface area contributed by atoms with Crippen LogP contribution in [0.25, 0.3) is 10.8 Å². The Morgan fingerprint density at radius 1 is 0.932 bits per heavy atom. The number of carbonyl (C=O) groups excluding carboxylic acids is 1. The number of amides is 1. The Morgan fingerprint density at radius 2 is 1.71 bits per heavy atom. The summed E-state index contributed by atoms with van der Waals surface area (Å²) in [5.74, 6) is 0.557. The number of aliphatic hydroxyl groups is 2. The Hall–Kier alpha value is -5.01. The normalized spacial score (nSPS) is 23.6. The molecule has 0 aromatic heterocycles. The number of aliphatic hydroxyl groups excluding tert-OH is 2. The van der Waals surface area contributed by atoms with Gasteiger partial charge in [0.2, 0.25) is 5.79 Å². The molecule has 0 spiro atoms. The molecule has 4 aromatic carbocycles. The molecule has 312 valence electrons.